The van der Waals surface area contributed by atoms with Crippen LogP contribution in [0.3, 0.4) is 0 Å². The molecule has 1 amide bonds. The molecule has 2 heterocycles. The van der Waals surface area contributed by atoms with Crippen molar-refractivity contribution in [1.82, 2.24) is 15.2 Å². The number of hydrogen-bond acceptors (Lipinski definition) is 4. The number of nitrogens with zero attached hydrogens (tertiary/aromatic N) is 2. The molecule has 1 aromatic heterocycles. The van der Waals surface area contributed by atoms with Gasteiger partial charge in [-0.1, -0.05) is 6.07 Å². The van der Waals surface area contributed by atoms with Crippen molar-refractivity contribution in [3.05, 3.63) is 30.1 Å². The van der Waals surface area contributed by atoms with Gasteiger partial charge in [0.2, 0.25) is 0 Å². The van der Waals surface area contributed by atoms with Gasteiger partial charge in [-0.15, -0.1) is 0 Å². The highest BCUT2D eigenvalue weighted by molar-refractivity contribution is 5.68. The molecular weight excluding hydrogens is 266 g/mol. The molecule has 0 saturated carbocycles. The fraction of sp³-hybridized carbons (Fsp3) is 0.625. The molecule has 1 aromatic rings. The van der Waals surface area contributed by atoms with Gasteiger partial charge in [0.15, 0.2) is 0 Å². The van der Waals surface area contributed by atoms with Crippen LogP contribution in [0.5, 0.6) is 0 Å². The molecule has 1 aliphatic rings. The number of carbonyl (C=O) groups excluding carboxylic acids is 1. The summed E-state index contributed by atoms with van der Waals surface area (Å²) in [5.41, 5.74) is 0.617. The lowest BCUT2D eigenvalue weighted by Crippen LogP contribution is -2.36. The quantitative estimate of drug-likeness (QED) is 0.925. The highest BCUT2D eigenvalue weighted by atomic mass is 16.6. The summed E-state index contributed by atoms with van der Waals surface area (Å²) in [6, 6.07) is 5.91. The molecule has 5 heteroatoms. The number of rotatable bonds is 4. The molecular formula is C16H25N3O2. The summed E-state index contributed by atoms with van der Waals surface area (Å²) in [4.78, 5) is 18.1. The van der Waals surface area contributed by atoms with Crippen molar-refractivity contribution >= 4 is 6.09 Å². The number of aromatic nitrogens is 1. The second kappa shape index (κ2) is 6.89. The Balaban J connectivity index is 1.69. The summed E-state index contributed by atoms with van der Waals surface area (Å²) >= 11 is 0. The van der Waals surface area contributed by atoms with Crippen molar-refractivity contribution in [2.24, 2.45) is 5.92 Å². The monoisotopic (exact) mass is 291 g/mol. The lowest BCUT2D eigenvalue weighted by molar-refractivity contribution is 0.0288. The van der Waals surface area contributed by atoms with E-state index in [0.29, 0.717) is 5.92 Å². The molecule has 21 heavy (non-hydrogen) atoms. The van der Waals surface area contributed by atoms with E-state index < -0.39 is 5.60 Å². The minimum Gasteiger partial charge on any atom is -0.444 e. The summed E-state index contributed by atoms with van der Waals surface area (Å²) in [5.74, 6) is 0.487. The van der Waals surface area contributed by atoms with Crippen LogP contribution in [0.2, 0.25) is 0 Å². The first-order chi connectivity index (χ1) is 9.94. The largest absolute Gasteiger partial charge is 0.444 e. The fourth-order valence-electron chi connectivity index (χ4n) is 2.40. The van der Waals surface area contributed by atoms with Crippen molar-refractivity contribution in [3.63, 3.8) is 0 Å². The first-order valence-corrected chi connectivity index (χ1v) is 7.52. The smallest absolute Gasteiger partial charge is 0.410 e. The second-order valence-electron chi connectivity index (χ2n) is 6.53. The molecule has 1 saturated heterocycles. The summed E-state index contributed by atoms with van der Waals surface area (Å²) in [5, 5.41) is 3.41. The van der Waals surface area contributed by atoms with E-state index in [1.165, 1.54) is 0 Å². The van der Waals surface area contributed by atoms with E-state index in [0.717, 1.165) is 38.3 Å². The standard InChI is InChI=1S/C16H25N3O2/c1-16(2,3)21-15(20)19-9-7-13(12-19)10-17-11-14-6-4-5-8-18-14/h4-6,8,13,17H,7,9-12H2,1-3H3/t13-/m1/s1. The maximum absolute atomic E-state index is 12.0. The molecule has 1 fully saturated rings. The van der Waals surface area contributed by atoms with Crippen LogP contribution in [0.1, 0.15) is 32.9 Å². The van der Waals surface area contributed by atoms with Crippen molar-refractivity contribution in [3.8, 4) is 0 Å². The highest BCUT2D eigenvalue weighted by Gasteiger charge is 2.29. The van der Waals surface area contributed by atoms with Crippen molar-refractivity contribution in [2.75, 3.05) is 19.6 Å². The van der Waals surface area contributed by atoms with Gasteiger partial charge in [-0.2, -0.15) is 0 Å². The van der Waals surface area contributed by atoms with E-state index in [1.807, 2.05) is 39.0 Å². The average Bonchev–Trinajstić information content (AvgIpc) is 2.87. The molecule has 116 valence electrons. The predicted octanol–water partition coefficient (Wildman–Crippen LogP) is 2.43. The topological polar surface area (TPSA) is 54.5 Å². The SMILES string of the molecule is CC(C)(C)OC(=O)N1CC[C@H](CNCc2ccccn2)C1. The molecule has 0 aromatic carbocycles. The molecule has 0 unspecified atom stereocenters. The van der Waals surface area contributed by atoms with E-state index in [1.54, 1.807) is 11.1 Å². The van der Waals surface area contributed by atoms with Gasteiger partial charge in [-0.25, -0.2) is 4.79 Å². The van der Waals surface area contributed by atoms with Gasteiger partial charge in [0.05, 0.1) is 5.69 Å². The lowest BCUT2D eigenvalue weighted by atomic mass is 10.1. The Hall–Kier alpha value is -1.62. The zero-order valence-corrected chi connectivity index (χ0v) is 13.1. The fourth-order valence-corrected chi connectivity index (χ4v) is 2.40. The average molecular weight is 291 g/mol. The third-order valence-corrected chi connectivity index (χ3v) is 3.40. The Morgan fingerprint density at radius 1 is 1.48 bits per heavy atom. The highest BCUT2D eigenvalue weighted by Crippen LogP contribution is 2.19. The molecule has 5 nitrogen and oxygen atoms in total. The van der Waals surface area contributed by atoms with Gasteiger partial charge < -0.3 is 15.0 Å². The molecule has 0 aliphatic carbocycles. The number of likely N-dealkylation sites (tertiary alicyclic amines) is 1. The summed E-state index contributed by atoms with van der Waals surface area (Å²) in [7, 11) is 0. The summed E-state index contributed by atoms with van der Waals surface area (Å²) < 4.78 is 5.40. The normalized spacial score (nSPS) is 18.8. The van der Waals surface area contributed by atoms with Gasteiger partial charge in [0.1, 0.15) is 5.60 Å². The molecule has 0 bridgehead atoms. The molecule has 1 aliphatic heterocycles. The summed E-state index contributed by atoms with van der Waals surface area (Å²) in [6.45, 7) is 8.90. The number of hydrogen-bond donors (Lipinski definition) is 1. The minimum atomic E-state index is -0.424. The third-order valence-electron chi connectivity index (χ3n) is 3.40. The summed E-state index contributed by atoms with van der Waals surface area (Å²) in [6.07, 6.45) is 2.63. The number of pyridine rings is 1. The third kappa shape index (κ3) is 5.34. The van der Waals surface area contributed by atoms with E-state index >= 15 is 0 Å². The Morgan fingerprint density at radius 3 is 2.95 bits per heavy atom. The molecule has 0 radical (unpaired) electrons. The van der Waals surface area contributed by atoms with Crippen LogP contribution in [0.4, 0.5) is 4.79 Å². The van der Waals surface area contributed by atoms with Crippen LogP contribution in [0, 0.1) is 5.92 Å². The first kappa shape index (κ1) is 15.8. The number of nitrogens with one attached hydrogen (secondary N) is 1. The molecule has 1 atom stereocenters. The predicted molar refractivity (Wildman–Crippen MR) is 81.9 cm³/mol. The maximum atomic E-state index is 12.0. The van der Waals surface area contributed by atoms with Gasteiger partial charge in [0.25, 0.3) is 0 Å². The van der Waals surface area contributed by atoms with Crippen LogP contribution >= 0.6 is 0 Å². The van der Waals surface area contributed by atoms with Crippen molar-refractivity contribution in [2.45, 2.75) is 39.3 Å². The Morgan fingerprint density at radius 2 is 2.29 bits per heavy atom. The van der Waals surface area contributed by atoms with Crippen LogP contribution in [-0.4, -0.2) is 41.2 Å². The Bertz CT molecular complexity index is 456. The van der Waals surface area contributed by atoms with E-state index in [9.17, 15) is 4.79 Å². The van der Waals surface area contributed by atoms with Gasteiger partial charge in [0, 0.05) is 32.4 Å². The second-order valence-corrected chi connectivity index (χ2v) is 6.53. The molecule has 0 spiro atoms. The maximum Gasteiger partial charge on any atom is 0.410 e. The van der Waals surface area contributed by atoms with Crippen LogP contribution in [0.15, 0.2) is 24.4 Å². The minimum absolute atomic E-state index is 0.199. The zero-order valence-electron chi connectivity index (χ0n) is 13.1. The van der Waals surface area contributed by atoms with Crippen molar-refractivity contribution < 1.29 is 9.53 Å². The molecule has 2 rings (SSSR count). The van der Waals surface area contributed by atoms with E-state index in [2.05, 4.69) is 10.3 Å². The van der Waals surface area contributed by atoms with E-state index in [4.69, 9.17) is 4.74 Å². The Kier molecular flexibility index (Phi) is 5.17. The van der Waals surface area contributed by atoms with Crippen LogP contribution in [-0.2, 0) is 11.3 Å². The van der Waals surface area contributed by atoms with Crippen LogP contribution in [0.25, 0.3) is 0 Å². The van der Waals surface area contributed by atoms with Crippen molar-refractivity contribution in [1.29, 1.82) is 0 Å². The first-order valence-electron chi connectivity index (χ1n) is 7.52. The number of ether oxygens (including phenoxy) is 1. The zero-order chi connectivity index (χ0) is 15.3. The number of amides is 1. The van der Waals surface area contributed by atoms with Gasteiger partial charge in [-0.05, 0) is 45.2 Å². The Labute approximate surface area is 126 Å². The molecule has 1 N–H and O–H groups in total. The van der Waals surface area contributed by atoms with Crippen LogP contribution < -0.4 is 5.32 Å². The van der Waals surface area contributed by atoms with E-state index in [-0.39, 0.29) is 6.09 Å². The number of carbonyl (C=O) groups is 1. The van der Waals surface area contributed by atoms with Gasteiger partial charge in [-0.3, -0.25) is 4.98 Å². The lowest BCUT2D eigenvalue weighted by Gasteiger charge is -2.24. The van der Waals surface area contributed by atoms with Gasteiger partial charge >= 0.3 is 6.09 Å².